The number of carbonyl (C=O) groups excluding carboxylic acids is 1. The van der Waals surface area contributed by atoms with E-state index in [1.54, 1.807) is 4.68 Å². The zero-order chi connectivity index (χ0) is 16.4. The standard InChI is InChI=1S/C16H19N3O3S/c1-2-18-12-15(11-17-18)23(21,22)19-9-8-14(20)10-16(19)13-6-4-3-5-7-13/h3-7,11-12,16H,2,8-10H2,1H3. The van der Waals surface area contributed by atoms with E-state index >= 15 is 0 Å². The van der Waals surface area contributed by atoms with Gasteiger partial charge in [0.15, 0.2) is 0 Å². The average molecular weight is 333 g/mol. The van der Waals surface area contributed by atoms with Crippen molar-refractivity contribution in [1.29, 1.82) is 0 Å². The van der Waals surface area contributed by atoms with Crippen molar-refractivity contribution < 1.29 is 13.2 Å². The van der Waals surface area contributed by atoms with Gasteiger partial charge >= 0.3 is 0 Å². The van der Waals surface area contributed by atoms with Crippen LogP contribution in [0.5, 0.6) is 0 Å². The lowest BCUT2D eigenvalue weighted by Gasteiger charge is -2.33. The van der Waals surface area contributed by atoms with Crippen molar-refractivity contribution in [3.8, 4) is 0 Å². The van der Waals surface area contributed by atoms with Crippen LogP contribution in [0.1, 0.15) is 31.4 Å². The van der Waals surface area contributed by atoms with Crippen molar-refractivity contribution in [1.82, 2.24) is 14.1 Å². The summed E-state index contributed by atoms with van der Waals surface area (Å²) in [6.45, 7) is 2.71. The van der Waals surface area contributed by atoms with Crippen LogP contribution in [0.2, 0.25) is 0 Å². The van der Waals surface area contributed by atoms with Crippen molar-refractivity contribution in [2.75, 3.05) is 6.54 Å². The first-order valence-corrected chi connectivity index (χ1v) is 9.07. The SMILES string of the molecule is CCn1cc(S(=O)(=O)N2CCC(=O)CC2c2ccccc2)cn1. The molecule has 1 fully saturated rings. The molecular weight excluding hydrogens is 314 g/mol. The van der Waals surface area contributed by atoms with Gasteiger partial charge < -0.3 is 0 Å². The molecule has 0 bridgehead atoms. The Hall–Kier alpha value is -1.99. The number of rotatable bonds is 4. The van der Waals surface area contributed by atoms with Crippen LogP contribution in [0.15, 0.2) is 47.6 Å². The van der Waals surface area contributed by atoms with Gasteiger partial charge in [0, 0.05) is 32.1 Å². The number of aryl methyl sites for hydroxylation is 1. The highest BCUT2D eigenvalue weighted by molar-refractivity contribution is 7.89. The highest BCUT2D eigenvalue weighted by Crippen LogP contribution is 2.33. The number of benzene rings is 1. The Balaban J connectivity index is 1.99. The summed E-state index contributed by atoms with van der Waals surface area (Å²) in [5.74, 6) is 0.0922. The number of sulfonamides is 1. The minimum atomic E-state index is -3.67. The number of aromatic nitrogens is 2. The summed E-state index contributed by atoms with van der Waals surface area (Å²) in [7, 11) is -3.67. The fraction of sp³-hybridized carbons (Fsp3) is 0.375. The molecule has 2 heterocycles. The van der Waals surface area contributed by atoms with Crippen LogP contribution in [0.25, 0.3) is 0 Å². The van der Waals surface area contributed by atoms with Crippen LogP contribution >= 0.6 is 0 Å². The molecule has 1 aliphatic heterocycles. The smallest absolute Gasteiger partial charge is 0.246 e. The van der Waals surface area contributed by atoms with Crippen LogP contribution in [0, 0.1) is 0 Å². The molecule has 0 spiro atoms. The van der Waals surface area contributed by atoms with Gasteiger partial charge in [0.25, 0.3) is 0 Å². The average Bonchev–Trinajstić information content (AvgIpc) is 3.05. The molecule has 1 aromatic carbocycles. The molecule has 1 atom stereocenters. The molecule has 1 aromatic heterocycles. The van der Waals surface area contributed by atoms with Crippen LogP contribution in [-0.2, 0) is 21.4 Å². The van der Waals surface area contributed by atoms with Crippen LogP contribution in [0.4, 0.5) is 0 Å². The van der Waals surface area contributed by atoms with E-state index in [0.717, 1.165) is 5.56 Å². The fourth-order valence-electron chi connectivity index (χ4n) is 2.84. The summed E-state index contributed by atoms with van der Waals surface area (Å²) in [4.78, 5) is 12.0. The van der Waals surface area contributed by atoms with Crippen LogP contribution in [-0.4, -0.2) is 34.8 Å². The van der Waals surface area contributed by atoms with E-state index in [1.165, 1.54) is 16.7 Å². The molecule has 0 saturated carbocycles. The van der Waals surface area contributed by atoms with E-state index in [1.807, 2.05) is 37.3 Å². The third-order valence-electron chi connectivity index (χ3n) is 4.10. The maximum atomic E-state index is 13.0. The van der Waals surface area contributed by atoms with E-state index in [2.05, 4.69) is 5.10 Å². The molecule has 0 radical (unpaired) electrons. The third-order valence-corrected chi connectivity index (χ3v) is 5.97. The zero-order valence-electron chi connectivity index (χ0n) is 12.9. The van der Waals surface area contributed by atoms with Crippen molar-refractivity contribution in [2.45, 2.75) is 37.2 Å². The van der Waals surface area contributed by atoms with Gasteiger partial charge in [-0.2, -0.15) is 9.40 Å². The first-order chi connectivity index (χ1) is 11.0. The van der Waals surface area contributed by atoms with E-state index < -0.39 is 16.1 Å². The van der Waals surface area contributed by atoms with Crippen molar-refractivity contribution >= 4 is 15.8 Å². The second kappa shape index (κ2) is 6.25. The van der Waals surface area contributed by atoms with Gasteiger partial charge in [0.2, 0.25) is 10.0 Å². The Bertz CT molecular complexity index is 799. The number of nitrogens with zero attached hydrogens (tertiary/aromatic N) is 3. The third kappa shape index (κ3) is 3.07. The number of piperidine rings is 1. The normalized spacial score (nSPS) is 19.9. The van der Waals surface area contributed by atoms with Gasteiger partial charge in [-0.3, -0.25) is 9.48 Å². The van der Waals surface area contributed by atoms with Gasteiger partial charge in [0.1, 0.15) is 10.7 Å². The molecule has 1 unspecified atom stereocenters. The highest BCUT2D eigenvalue weighted by atomic mass is 32.2. The molecule has 0 N–H and O–H groups in total. The summed E-state index contributed by atoms with van der Waals surface area (Å²) in [5, 5.41) is 4.05. The summed E-state index contributed by atoms with van der Waals surface area (Å²) in [5.41, 5.74) is 0.840. The molecule has 3 rings (SSSR count). The molecular formula is C16H19N3O3S. The Morgan fingerprint density at radius 3 is 2.65 bits per heavy atom. The predicted octanol–water partition coefficient (Wildman–Crippen LogP) is 2.00. The Morgan fingerprint density at radius 2 is 2.00 bits per heavy atom. The van der Waals surface area contributed by atoms with Crippen LogP contribution in [0.3, 0.4) is 0 Å². The van der Waals surface area contributed by atoms with E-state index in [9.17, 15) is 13.2 Å². The molecule has 23 heavy (non-hydrogen) atoms. The maximum absolute atomic E-state index is 13.0. The van der Waals surface area contributed by atoms with Gasteiger partial charge in [-0.25, -0.2) is 8.42 Å². The lowest BCUT2D eigenvalue weighted by molar-refractivity contribution is -0.121. The second-order valence-corrected chi connectivity index (χ2v) is 7.46. The Morgan fingerprint density at radius 1 is 1.26 bits per heavy atom. The lowest BCUT2D eigenvalue weighted by atomic mass is 9.97. The summed E-state index contributed by atoms with van der Waals surface area (Å²) in [6.07, 6.45) is 3.38. The lowest BCUT2D eigenvalue weighted by Crippen LogP contribution is -2.41. The first-order valence-electron chi connectivity index (χ1n) is 7.63. The van der Waals surface area contributed by atoms with Crippen molar-refractivity contribution in [3.05, 3.63) is 48.3 Å². The molecule has 2 aromatic rings. The molecule has 0 amide bonds. The van der Waals surface area contributed by atoms with Crippen molar-refractivity contribution in [2.24, 2.45) is 0 Å². The van der Waals surface area contributed by atoms with E-state index in [0.29, 0.717) is 6.54 Å². The second-order valence-electron chi connectivity index (χ2n) is 5.57. The monoisotopic (exact) mass is 333 g/mol. The maximum Gasteiger partial charge on any atom is 0.246 e. The minimum Gasteiger partial charge on any atom is -0.300 e. The van der Waals surface area contributed by atoms with Gasteiger partial charge in [0.05, 0.1) is 12.2 Å². The molecule has 7 heteroatoms. The molecule has 122 valence electrons. The van der Waals surface area contributed by atoms with E-state index in [-0.39, 0.29) is 30.1 Å². The summed E-state index contributed by atoms with van der Waals surface area (Å²) in [6, 6.07) is 8.86. The number of hydrogen-bond donors (Lipinski definition) is 0. The van der Waals surface area contributed by atoms with Crippen LogP contribution < -0.4 is 0 Å². The molecule has 6 nitrogen and oxygen atoms in total. The fourth-order valence-corrected chi connectivity index (χ4v) is 4.41. The number of Topliss-reactive ketones (excluding diaryl/α,β-unsaturated/α-hetero) is 1. The molecule has 1 aliphatic rings. The largest absolute Gasteiger partial charge is 0.300 e. The topological polar surface area (TPSA) is 72.3 Å². The summed E-state index contributed by atoms with van der Waals surface area (Å²) < 4.78 is 29.0. The number of hydrogen-bond acceptors (Lipinski definition) is 4. The van der Waals surface area contributed by atoms with Gasteiger partial charge in [-0.15, -0.1) is 0 Å². The Kier molecular flexibility index (Phi) is 4.32. The van der Waals surface area contributed by atoms with Gasteiger partial charge in [-0.1, -0.05) is 30.3 Å². The molecule has 0 aliphatic carbocycles. The predicted molar refractivity (Wildman–Crippen MR) is 85.2 cm³/mol. The number of ketones is 1. The quantitative estimate of drug-likeness (QED) is 0.858. The van der Waals surface area contributed by atoms with Crippen molar-refractivity contribution in [3.63, 3.8) is 0 Å². The number of carbonyl (C=O) groups is 1. The zero-order valence-corrected chi connectivity index (χ0v) is 13.7. The van der Waals surface area contributed by atoms with Gasteiger partial charge in [-0.05, 0) is 12.5 Å². The summed E-state index contributed by atoms with van der Waals surface area (Å²) >= 11 is 0. The minimum absolute atomic E-state index is 0.0922. The highest BCUT2D eigenvalue weighted by Gasteiger charge is 2.37. The Labute approximate surface area is 135 Å². The van der Waals surface area contributed by atoms with E-state index in [4.69, 9.17) is 0 Å². The first kappa shape index (κ1) is 15.9. The molecule has 1 saturated heterocycles.